The molecule has 0 unspecified atom stereocenters. The first-order chi connectivity index (χ1) is 9.72. The largest absolute Gasteiger partial charge is 0.497 e. The van der Waals surface area contributed by atoms with Crippen LogP contribution in [0.3, 0.4) is 0 Å². The molecule has 2 rings (SSSR count). The van der Waals surface area contributed by atoms with Crippen molar-refractivity contribution in [3.05, 3.63) is 23.8 Å². The van der Waals surface area contributed by atoms with Crippen molar-refractivity contribution < 1.29 is 19.0 Å². The summed E-state index contributed by atoms with van der Waals surface area (Å²) in [5.41, 5.74) is 0.568. The highest BCUT2D eigenvalue weighted by atomic mass is 16.5. The third-order valence-corrected chi connectivity index (χ3v) is 3.05. The summed E-state index contributed by atoms with van der Waals surface area (Å²) in [7, 11) is 3.23. The quantitative estimate of drug-likeness (QED) is 0.740. The van der Waals surface area contributed by atoms with Crippen LogP contribution < -0.4 is 14.8 Å². The molecule has 0 heterocycles. The molecule has 5 nitrogen and oxygen atoms in total. The first-order valence-corrected chi connectivity index (χ1v) is 6.84. The Morgan fingerprint density at radius 2 is 1.95 bits per heavy atom. The van der Waals surface area contributed by atoms with E-state index in [0.29, 0.717) is 36.3 Å². The average Bonchev–Trinajstić information content (AvgIpc) is 3.27. The fourth-order valence-electron chi connectivity index (χ4n) is 1.79. The lowest BCUT2D eigenvalue weighted by molar-refractivity contribution is 0.0950. The summed E-state index contributed by atoms with van der Waals surface area (Å²) < 4.78 is 15.8. The lowest BCUT2D eigenvalue weighted by Crippen LogP contribution is -2.25. The molecule has 1 aromatic carbocycles. The van der Waals surface area contributed by atoms with Gasteiger partial charge in [-0.3, -0.25) is 4.79 Å². The van der Waals surface area contributed by atoms with Gasteiger partial charge >= 0.3 is 0 Å². The maximum absolute atomic E-state index is 12.0. The molecule has 1 N–H and O–H groups in total. The molecule has 110 valence electrons. The zero-order valence-electron chi connectivity index (χ0n) is 12.0. The van der Waals surface area contributed by atoms with Gasteiger partial charge in [0.15, 0.2) is 0 Å². The van der Waals surface area contributed by atoms with Crippen molar-refractivity contribution in [1.29, 1.82) is 0 Å². The molecule has 1 fully saturated rings. The Balaban J connectivity index is 2.00. The molecule has 0 bridgehead atoms. The van der Waals surface area contributed by atoms with Crippen LogP contribution in [0.1, 0.15) is 29.6 Å². The molecule has 0 radical (unpaired) electrons. The van der Waals surface area contributed by atoms with Gasteiger partial charge in [-0.25, -0.2) is 0 Å². The fourth-order valence-corrected chi connectivity index (χ4v) is 1.79. The lowest BCUT2D eigenvalue weighted by Gasteiger charge is -2.11. The highest BCUT2D eigenvalue weighted by Crippen LogP contribution is 2.24. The number of rotatable bonds is 8. The van der Waals surface area contributed by atoms with E-state index < -0.39 is 0 Å². The Morgan fingerprint density at radius 3 is 2.60 bits per heavy atom. The molecular formula is C15H21NO4. The van der Waals surface area contributed by atoms with Crippen LogP contribution in [-0.4, -0.2) is 39.4 Å². The van der Waals surface area contributed by atoms with Crippen LogP contribution in [-0.2, 0) is 4.74 Å². The van der Waals surface area contributed by atoms with E-state index in [0.717, 1.165) is 19.3 Å². The predicted molar refractivity (Wildman–Crippen MR) is 75.5 cm³/mol. The minimum absolute atomic E-state index is 0.0758. The maximum Gasteiger partial charge on any atom is 0.251 e. The van der Waals surface area contributed by atoms with Crippen LogP contribution >= 0.6 is 0 Å². The minimum atomic E-state index is -0.0758. The van der Waals surface area contributed by atoms with Gasteiger partial charge in [0, 0.05) is 37.8 Å². The summed E-state index contributed by atoms with van der Waals surface area (Å²) in [5.74, 6) is 1.18. The van der Waals surface area contributed by atoms with Crippen LogP contribution in [0.25, 0.3) is 0 Å². The summed E-state index contributed by atoms with van der Waals surface area (Å²) in [6, 6.07) is 5.58. The number of benzene rings is 1. The van der Waals surface area contributed by atoms with Crippen molar-refractivity contribution in [2.24, 2.45) is 0 Å². The summed E-state index contributed by atoms with van der Waals surface area (Å²) >= 11 is 0. The smallest absolute Gasteiger partial charge is 0.251 e. The summed E-state index contributed by atoms with van der Waals surface area (Å²) in [4.78, 5) is 12.0. The molecular weight excluding hydrogens is 258 g/mol. The van der Waals surface area contributed by atoms with Gasteiger partial charge in [0.25, 0.3) is 5.91 Å². The molecule has 0 spiro atoms. The van der Waals surface area contributed by atoms with Gasteiger partial charge in [-0.1, -0.05) is 0 Å². The Labute approximate surface area is 119 Å². The van der Waals surface area contributed by atoms with E-state index in [2.05, 4.69) is 5.32 Å². The Kier molecular flexibility index (Phi) is 5.24. The van der Waals surface area contributed by atoms with Crippen LogP contribution in [0, 0.1) is 0 Å². The van der Waals surface area contributed by atoms with E-state index in [1.54, 1.807) is 32.4 Å². The first-order valence-electron chi connectivity index (χ1n) is 6.84. The van der Waals surface area contributed by atoms with Gasteiger partial charge < -0.3 is 19.5 Å². The van der Waals surface area contributed by atoms with Crippen LogP contribution in [0.5, 0.6) is 11.5 Å². The molecule has 1 saturated carbocycles. The summed E-state index contributed by atoms with van der Waals surface area (Å²) in [6.07, 6.45) is 2.93. The van der Waals surface area contributed by atoms with Gasteiger partial charge in [0.1, 0.15) is 11.5 Å². The highest BCUT2D eigenvalue weighted by Gasteiger charge is 2.24. The number of ether oxygens (including phenoxy) is 3. The van der Waals surface area contributed by atoms with E-state index >= 15 is 0 Å². The molecule has 0 atom stereocenters. The highest BCUT2D eigenvalue weighted by molar-refractivity contribution is 5.95. The van der Waals surface area contributed by atoms with Crippen molar-refractivity contribution >= 4 is 5.91 Å². The second-order valence-corrected chi connectivity index (χ2v) is 4.84. The average molecular weight is 279 g/mol. The molecule has 20 heavy (non-hydrogen) atoms. The SMILES string of the molecule is COCCCOc1cc(OC)cc(C(=O)NC2CC2)c1. The molecule has 5 heteroatoms. The molecule has 1 aliphatic carbocycles. The van der Waals surface area contributed by atoms with Gasteiger partial charge in [-0.2, -0.15) is 0 Å². The van der Waals surface area contributed by atoms with E-state index in [1.165, 1.54) is 0 Å². The molecule has 0 aliphatic heterocycles. The zero-order chi connectivity index (χ0) is 14.4. The lowest BCUT2D eigenvalue weighted by atomic mass is 10.2. The van der Waals surface area contributed by atoms with Crippen LogP contribution in [0.15, 0.2) is 18.2 Å². The van der Waals surface area contributed by atoms with Crippen molar-refractivity contribution in [2.45, 2.75) is 25.3 Å². The first kappa shape index (κ1) is 14.7. The van der Waals surface area contributed by atoms with Crippen molar-refractivity contribution in [3.63, 3.8) is 0 Å². The van der Waals surface area contributed by atoms with Gasteiger partial charge in [0.2, 0.25) is 0 Å². The predicted octanol–water partition coefficient (Wildman–Crippen LogP) is 2.00. The normalized spacial score (nSPS) is 13.9. The van der Waals surface area contributed by atoms with Crippen molar-refractivity contribution in [3.8, 4) is 11.5 Å². The molecule has 1 amide bonds. The standard InChI is InChI=1S/C15H21NO4/c1-18-6-3-7-20-14-9-11(8-13(10-14)19-2)15(17)16-12-4-5-12/h8-10,12H,3-7H2,1-2H3,(H,16,17). The van der Waals surface area contributed by atoms with E-state index in [4.69, 9.17) is 14.2 Å². The molecule has 1 aliphatic rings. The van der Waals surface area contributed by atoms with E-state index in [9.17, 15) is 4.79 Å². The number of carbonyl (C=O) groups is 1. The summed E-state index contributed by atoms with van der Waals surface area (Å²) in [6.45, 7) is 1.20. The second-order valence-electron chi connectivity index (χ2n) is 4.84. The monoisotopic (exact) mass is 279 g/mol. The Morgan fingerprint density at radius 1 is 1.20 bits per heavy atom. The third kappa shape index (κ3) is 4.42. The molecule has 0 saturated heterocycles. The zero-order valence-corrected chi connectivity index (χ0v) is 12.0. The van der Waals surface area contributed by atoms with Gasteiger partial charge in [-0.15, -0.1) is 0 Å². The molecule has 0 aromatic heterocycles. The fraction of sp³-hybridized carbons (Fsp3) is 0.533. The number of amides is 1. The summed E-state index contributed by atoms with van der Waals surface area (Å²) in [5, 5.41) is 2.96. The van der Waals surface area contributed by atoms with Crippen LogP contribution in [0.4, 0.5) is 0 Å². The molecule has 1 aromatic rings. The van der Waals surface area contributed by atoms with Crippen molar-refractivity contribution in [1.82, 2.24) is 5.32 Å². The maximum atomic E-state index is 12.0. The number of nitrogens with one attached hydrogen (secondary N) is 1. The van der Waals surface area contributed by atoms with Crippen molar-refractivity contribution in [2.75, 3.05) is 27.4 Å². The number of methoxy groups -OCH3 is 2. The Bertz CT molecular complexity index is 457. The number of hydrogen-bond acceptors (Lipinski definition) is 4. The second kappa shape index (κ2) is 7.14. The number of hydrogen-bond donors (Lipinski definition) is 1. The van der Waals surface area contributed by atoms with Crippen LogP contribution in [0.2, 0.25) is 0 Å². The number of carbonyl (C=O) groups excluding carboxylic acids is 1. The van der Waals surface area contributed by atoms with E-state index in [-0.39, 0.29) is 5.91 Å². The van der Waals surface area contributed by atoms with Gasteiger partial charge in [0.05, 0.1) is 13.7 Å². The Hall–Kier alpha value is -1.75. The van der Waals surface area contributed by atoms with E-state index in [1.807, 2.05) is 0 Å². The topological polar surface area (TPSA) is 56.8 Å². The third-order valence-electron chi connectivity index (χ3n) is 3.05. The minimum Gasteiger partial charge on any atom is -0.497 e. The van der Waals surface area contributed by atoms with Gasteiger partial charge in [-0.05, 0) is 25.0 Å².